The molecule has 7 heteroatoms. The van der Waals surface area contributed by atoms with Crippen molar-refractivity contribution in [3.63, 3.8) is 0 Å². The number of thioether (sulfide) groups is 1. The van der Waals surface area contributed by atoms with Crippen molar-refractivity contribution in [3.8, 4) is 0 Å². The van der Waals surface area contributed by atoms with Crippen LogP contribution in [-0.2, 0) is 11.3 Å². The number of amides is 2. The fourth-order valence-corrected chi connectivity index (χ4v) is 4.50. The first-order valence-electron chi connectivity index (χ1n) is 7.73. The Morgan fingerprint density at radius 1 is 1.36 bits per heavy atom. The van der Waals surface area contributed by atoms with Gasteiger partial charge in [0.1, 0.15) is 5.76 Å². The Morgan fingerprint density at radius 2 is 2.23 bits per heavy atom. The van der Waals surface area contributed by atoms with Gasteiger partial charge >= 0.3 is 6.03 Å². The summed E-state index contributed by atoms with van der Waals surface area (Å²) in [5.74, 6) is 2.99. The SMILES string of the molecule is O=C(NCc1ccco1)NC[C@]1(N2CCOCC2)CCSC1. The smallest absolute Gasteiger partial charge is 0.315 e. The van der Waals surface area contributed by atoms with Gasteiger partial charge in [0, 0.05) is 30.9 Å². The molecule has 0 bridgehead atoms. The number of nitrogens with zero attached hydrogens (tertiary/aromatic N) is 1. The molecule has 3 heterocycles. The minimum atomic E-state index is -0.138. The molecule has 0 aliphatic carbocycles. The standard InChI is InChI=1S/C15H23N3O3S/c19-14(16-10-13-2-1-6-21-13)17-11-15(3-9-22-12-15)18-4-7-20-8-5-18/h1-2,6H,3-5,7-12H2,(H2,16,17,19)/t15-/m1/s1. The van der Waals surface area contributed by atoms with Gasteiger partial charge in [-0.2, -0.15) is 11.8 Å². The van der Waals surface area contributed by atoms with E-state index in [2.05, 4.69) is 15.5 Å². The molecule has 2 N–H and O–H groups in total. The van der Waals surface area contributed by atoms with Crippen molar-refractivity contribution in [1.29, 1.82) is 0 Å². The molecular formula is C15H23N3O3S. The van der Waals surface area contributed by atoms with E-state index in [1.165, 1.54) is 0 Å². The van der Waals surface area contributed by atoms with Gasteiger partial charge in [-0.25, -0.2) is 4.79 Å². The second-order valence-corrected chi connectivity index (χ2v) is 6.85. The maximum absolute atomic E-state index is 12.0. The summed E-state index contributed by atoms with van der Waals surface area (Å²) in [5.41, 5.74) is 0.0798. The van der Waals surface area contributed by atoms with Crippen LogP contribution in [0.2, 0.25) is 0 Å². The predicted octanol–water partition coefficient (Wildman–Crippen LogP) is 1.29. The molecule has 122 valence electrons. The minimum absolute atomic E-state index is 0.0798. The lowest BCUT2D eigenvalue weighted by atomic mass is 9.95. The first kappa shape index (κ1) is 15.7. The highest BCUT2D eigenvalue weighted by Gasteiger charge is 2.40. The molecule has 2 aliphatic rings. The van der Waals surface area contributed by atoms with Crippen LogP contribution in [0.1, 0.15) is 12.2 Å². The zero-order valence-corrected chi connectivity index (χ0v) is 13.5. The minimum Gasteiger partial charge on any atom is -0.467 e. The molecule has 0 unspecified atom stereocenters. The first-order valence-corrected chi connectivity index (χ1v) is 8.89. The topological polar surface area (TPSA) is 66.7 Å². The fraction of sp³-hybridized carbons (Fsp3) is 0.667. The van der Waals surface area contributed by atoms with Gasteiger partial charge in [-0.1, -0.05) is 0 Å². The second-order valence-electron chi connectivity index (χ2n) is 5.74. The molecule has 6 nitrogen and oxygen atoms in total. The molecule has 22 heavy (non-hydrogen) atoms. The van der Waals surface area contributed by atoms with E-state index in [-0.39, 0.29) is 11.6 Å². The average molecular weight is 325 g/mol. The van der Waals surface area contributed by atoms with Crippen molar-refractivity contribution < 1.29 is 13.9 Å². The molecule has 0 saturated carbocycles. The van der Waals surface area contributed by atoms with E-state index in [4.69, 9.17) is 9.15 Å². The molecule has 1 atom stereocenters. The van der Waals surface area contributed by atoms with E-state index >= 15 is 0 Å². The Kier molecular flexibility index (Phi) is 5.28. The molecule has 0 aromatic carbocycles. The summed E-state index contributed by atoms with van der Waals surface area (Å²) >= 11 is 1.97. The van der Waals surface area contributed by atoms with E-state index in [0.29, 0.717) is 13.1 Å². The van der Waals surface area contributed by atoms with Crippen LogP contribution in [0.3, 0.4) is 0 Å². The third-order valence-corrected chi connectivity index (χ3v) is 5.58. The van der Waals surface area contributed by atoms with E-state index in [0.717, 1.165) is 50.0 Å². The van der Waals surface area contributed by atoms with E-state index < -0.39 is 0 Å². The maximum atomic E-state index is 12.0. The normalized spacial score (nSPS) is 26.0. The Morgan fingerprint density at radius 3 is 2.91 bits per heavy atom. The van der Waals surface area contributed by atoms with Crippen LogP contribution in [0, 0.1) is 0 Å². The summed E-state index contributed by atoms with van der Waals surface area (Å²) in [6.45, 7) is 4.59. The highest BCUT2D eigenvalue weighted by Crippen LogP contribution is 2.33. The molecule has 2 fully saturated rings. The van der Waals surface area contributed by atoms with Crippen LogP contribution in [0.5, 0.6) is 0 Å². The monoisotopic (exact) mass is 325 g/mol. The number of morpholine rings is 1. The van der Waals surface area contributed by atoms with E-state index in [1.807, 2.05) is 23.9 Å². The summed E-state index contributed by atoms with van der Waals surface area (Å²) in [7, 11) is 0. The highest BCUT2D eigenvalue weighted by molar-refractivity contribution is 7.99. The molecule has 3 rings (SSSR count). The van der Waals surface area contributed by atoms with Gasteiger partial charge in [-0.3, -0.25) is 4.90 Å². The first-order chi connectivity index (χ1) is 10.8. The molecule has 2 amide bonds. The van der Waals surface area contributed by atoms with Crippen LogP contribution < -0.4 is 10.6 Å². The number of nitrogens with one attached hydrogen (secondary N) is 2. The average Bonchev–Trinajstić information content (AvgIpc) is 3.24. The fourth-order valence-electron chi connectivity index (χ4n) is 3.02. The predicted molar refractivity (Wildman–Crippen MR) is 86.0 cm³/mol. The van der Waals surface area contributed by atoms with Crippen molar-refractivity contribution in [2.75, 3.05) is 44.4 Å². The van der Waals surface area contributed by atoms with E-state index in [9.17, 15) is 4.79 Å². The van der Waals surface area contributed by atoms with Crippen LogP contribution in [0.25, 0.3) is 0 Å². The van der Waals surface area contributed by atoms with Gasteiger partial charge in [0.25, 0.3) is 0 Å². The Bertz CT molecular complexity index is 468. The number of rotatable bonds is 5. The molecule has 1 aromatic rings. The van der Waals surface area contributed by atoms with E-state index in [1.54, 1.807) is 6.26 Å². The van der Waals surface area contributed by atoms with Crippen LogP contribution >= 0.6 is 11.8 Å². The summed E-state index contributed by atoms with van der Waals surface area (Å²) in [5, 5.41) is 5.87. The summed E-state index contributed by atoms with van der Waals surface area (Å²) in [6.07, 6.45) is 2.73. The summed E-state index contributed by atoms with van der Waals surface area (Å²) in [4.78, 5) is 14.5. The lowest BCUT2D eigenvalue weighted by Gasteiger charge is -2.43. The molecule has 0 radical (unpaired) electrons. The van der Waals surface area contributed by atoms with Crippen molar-refractivity contribution in [1.82, 2.24) is 15.5 Å². The third-order valence-electron chi connectivity index (χ3n) is 4.35. The Balaban J connectivity index is 1.49. The summed E-state index contributed by atoms with van der Waals surface area (Å²) < 4.78 is 10.7. The molecule has 0 spiro atoms. The summed E-state index contributed by atoms with van der Waals surface area (Å²) in [6, 6.07) is 3.53. The molecular weight excluding hydrogens is 302 g/mol. The zero-order chi connectivity index (χ0) is 15.3. The van der Waals surface area contributed by atoms with Gasteiger partial charge in [0.2, 0.25) is 0 Å². The second kappa shape index (κ2) is 7.39. The Hall–Kier alpha value is -1.18. The van der Waals surface area contributed by atoms with Crippen molar-refractivity contribution >= 4 is 17.8 Å². The number of carbonyl (C=O) groups excluding carboxylic acids is 1. The number of hydrogen-bond acceptors (Lipinski definition) is 5. The number of carbonyl (C=O) groups is 1. The van der Waals surface area contributed by atoms with Crippen LogP contribution in [-0.4, -0.2) is 60.8 Å². The zero-order valence-electron chi connectivity index (χ0n) is 12.7. The van der Waals surface area contributed by atoms with Gasteiger partial charge in [0.15, 0.2) is 0 Å². The number of urea groups is 1. The highest BCUT2D eigenvalue weighted by atomic mass is 32.2. The molecule has 2 aliphatic heterocycles. The van der Waals surface area contributed by atoms with Crippen molar-refractivity contribution in [2.24, 2.45) is 0 Å². The Labute approximate surface area is 134 Å². The van der Waals surface area contributed by atoms with Crippen LogP contribution in [0.15, 0.2) is 22.8 Å². The van der Waals surface area contributed by atoms with Gasteiger partial charge in [-0.05, 0) is 24.3 Å². The largest absolute Gasteiger partial charge is 0.467 e. The van der Waals surface area contributed by atoms with Gasteiger partial charge in [-0.15, -0.1) is 0 Å². The van der Waals surface area contributed by atoms with Crippen molar-refractivity contribution in [3.05, 3.63) is 24.2 Å². The van der Waals surface area contributed by atoms with Gasteiger partial charge < -0.3 is 19.8 Å². The quantitative estimate of drug-likeness (QED) is 0.854. The lowest BCUT2D eigenvalue weighted by molar-refractivity contribution is -0.0124. The lowest BCUT2D eigenvalue weighted by Crippen LogP contribution is -2.59. The number of ether oxygens (including phenoxy) is 1. The maximum Gasteiger partial charge on any atom is 0.315 e. The number of hydrogen-bond donors (Lipinski definition) is 2. The van der Waals surface area contributed by atoms with Crippen LogP contribution in [0.4, 0.5) is 4.79 Å². The number of furan rings is 1. The molecule has 1 aromatic heterocycles. The van der Waals surface area contributed by atoms with Crippen molar-refractivity contribution in [2.45, 2.75) is 18.5 Å². The molecule has 2 saturated heterocycles. The van der Waals surface area contributed by atoms with Gasteiger partial charge in [0.05, 0.1) is 26.0 Å². The third kappa shape index (κ3) is 3.77.